The molecule has 8 heteroatoms. The molecule has 6 nitrogen and oxygen atoms in total. The van der Waals surface area contributed by atoms with E-state index in [1.54, 1.807) is 11.1 Å². The van der Waals surface area contributed by atoms with E-state index in [0.29, 0.717) is 0 Å². The van der Waals surface area contributed by atoms with Crippen molar-refractivity contribution >= 4 is 50.7 Å². The number of carboxylic acids is 2. The number of benzene rings is 1. The number of nitrogens with zero attached hydrogens (tertiary/aromatic N) is 2. The summed E-state index contributed by atoms with van der Waals surface area (Å²) in [6.07, 6.45) is 3.46. The first-order valence-electron chi connectivity index (χ1n) is 9.62. The molecule has 2 aliphatic rings. The number of hydrogen-bond acceptors (Lipinski definition) is 5. The third-order valence-corrected chi connectivity index (χ3v) is 6.59. The van der Waals surface area contributed by atoms with Crippen LogP contribution in [0.25, 0.3) is 15.8 Å². The SMILES string of the molecule is CN(C)CC1=C(c2nc3ccc(Cl)cc3s2)C2CCC1C2.O=C(O)CCC(=O)O. The molecule has 29 heavy (non-hydrogen) atoms. The van der Waals surface area contributed by atoms with Crippen molar-refractivity contribution in [3.8, 4) is 0 Å². The van der Waals surface area contributed by atoms with Gasteiger partial charge in [-0.05, 0) is 74.5 Å². The molecule has 2 unspecified atom stereocenters. The summed E-state index contributed by atoms with van der Waals surface area (Å²) in [5, 5.41) is 17.8. The number of carboxylic acid groups (broad SMARTS) is 2. The maximum Gasteiger partial charge on any atom is 0.303 e. The van der Waals surface area contributed by atoms with Gasteiger partial charge in [-0.2, -0.15) is 0 Å². The number of aromatic nitrogens is 1. The van der Waals surface area contributed by atoms with E-state index >= 15 is 0 Å². The average molecular weight is 437 g/mol. The number of halogens is 1. The van der Waals surface area contributed by atoms with Crippen LogP contribution in [-0.4, -0.2) is 52.7 Å². The van der Waals surface area contributed by atoms with Gasteiger partial charge < -0.3 is 15.1 Å². The van der Waals surface area contributed by atoms with Gasteiger partial charge in [0, 0.05) is 11.6 Å². The first kappa shape index (κ1) is 21.7. The molecule has 0 amide bonds. The lowest BCUT2D eigenvalue weighted by atomic mass is 9.92. The number of carbonyl (C=O) groups is 2. The molecule has 2 bridgehead atoms. The molecular weight excluding hydrogens is 412 g/mol. The Morgan fingerprint density at radius 2 is 1.83 bits per heavy atom. The lowest BCUT2D eigenvalue weighted by Crippen LogP contribution is -2.19. The summed E-state index contributed by atoms with van der Waals surface area (Å²) in [4.78, 5) is 26.5. The fourth-order valence-electron chi connectivity index (χ4n) is 4.14. The second-order valence-electron chi connectivity index (χ2n) is 7.80. The monoisotopic (exact) mass is 436 g/mol. The fraction of sp³-hybridized carbons (Fsp3) is 0.476. The van der Waals surface area contributed by atoms with Gasteiger partial charge in [-0.1, -0.05) is 11.6 Å². The van der Waals surface area contributed by atoms with Crippen LogP contribution in [0.15, 0.2) is 23.8 Å². The van der Waals surface area contributed by atoms with E-state index < -0.39 is 11.9 Å². The number of rotatable bonds is 6. The minimum absolute atomic E-state index is 0.296. The van der Waals surface area contributed by atoms with Gasteiger partial charge in [0.2, 0.25) is 0 Å². The summed E-state index contributed by atoms with van der Waals surface area (Å²) < 4.78 is 1.21. The molecule has 1 heterocycles. The molecule has 2 atom stereocenters. The summed E-state index contributed by atoms with van der Waals surface area (Å²) in [6, 6.07) is 6.01. The molecule has 0 aliphatic heterocycles. The highest BCUT2D eigenvalue weighted by atomic mass is 35.5. The smallest absolute Gasteiger partial charge is 0.303 e. The van der Waals surface area contributed by atoms with E-state index in [2.05, 4.69) is 19.0 Å². The number of aliphatic carboxylic acids is 2. The molecule has 4 rings (SSSR count). The predicted molar refractivity (Wildman–Crippen MR) is 115 cm³/mol. The quantitative estimate of drug-likeness (QED) is 0.686. The molecular formula is C21H25ClN2O4S. The van der Waals surface area contributed by atoms with Gasteiger partial charge in [0.15, 0.2) is 0 Å². The minimum Gasteiger partial charge on any atom is -0.481 e. The lowest BCUT2D eigenvalue weighted by molar-refractivity contribution is -0.143. The van der Waals surface area contributed by atoms with E-state index in [4.69, 9.17) is 26.8 Å². The fourth-order valence-corrected chi connectivity index (χ4v) is 5.54. The summed E-state index contributed by atoms with van der Waals surface area (Å²) in [5.41, 5.74) is 4.28. The normalized spacial score (nSPS) is 20.3. The molecule has 1 saturated carbocycles. The Morgan fingerprint density at radius 3 is 2.45 bits per heavy atom. The first-order chi connectivity index (χ1) is 13.7. The summed E-state index contributed by atoms with van der Waals surface area (Å²) in [7, 11) is 4.32. The maximum absolute atomic E-state index is 9.64. The van der Waals surface area contributed by atoms with Crippen molar-refractivity contribution in [1.82, 2.24) is 9.88 Å². The molecule has 2 aliphatic carbocycles. The van der Waals surface area contributed by atoms with Crippen LogP contribution in [0, 0.1) is 11.8 Å². The zero-order valence-electron chi connectivity index (χ0n) is 16.5. The molecule has 1 aromatic carbocycles. The zero-order chi connectivity index (χ0) is 21.1. The average Bonchev–Trinajstić information content (AvgIpc) is 3.33. The van der Waals surface area contributed by atoms with Gasteiger partial charge in [0.25, 0.3) is 0 Å². The van der Waals surface area contributed by atoms with Gasteiger partial charge in [0.1, 0.15) is 5.01 Å². The Kier molecular flexibility index (Phi) is 6.93. The summed E-state index contributed by atoms with van der Waals surface area (Å²) >= 11 is 7.92. The van der Waals surface area contributed by atoms with Gasteiger partial charge in [-0.3, -0.25) is 9.59 Å². The van der Waals surface area contributed by atoms with Crippen molar-refractivity contribution in [3.63, 3.8) is 0 Å². The van der Waals surface area contributed by atoms with Crippen molar-refractivity contribution in [1.29, 1.82) is 0 Å². The van der Waals surface area contributed by atoms with Crippen LogP contribution in [0.1, 0.15) is 37.1 Å². The molecule has 156 valence electrons. The second-order valence-corrected chi connectivity index (χ2v) is 9.27. The van der Waals surface area contributed by atoms with Crippen molar-refractivity contribution in [2.24, 2.45) is 11.8 Å². The summed E-state index contributed by atoms with van der Waals surface area (Å²) in [6.45, 7) is 1.08. The van der Waals surface area contributed by atoms with E-state index in [1.165, 1.54) is 29.0 Å². The second kappa shape index (κ2) is 9.24. The van der Waals surface area contributed by atoms with Crippen molar-refractivity contribution in [3.05, 3.63) is 33.8 Å². The third-order valence-electron chi connectivity index (χ3n) is 5.30. The van der Waals surface area contributed by atoms with Crippen LogP contribution < -0.4 is 0 Å². The Morgan fingerprint density at radius 1 is 1.17 bits per heavy atom. The molecule has 2 N–H and O–H groups in total. The Hall–Kier alpha value is -1.96. The van der Waals surface area contributed by atoms with E-state index in [9.17, 15) is 9.59 Å². The number of hydrogen-bond donors (Lipinski definition) is 2. The number of fused-ring (bicyclic) bond motifs is 3. The predicted octanol–water partition coefficient (Wildman–Crippen LogP) is 4.63. The van der Waals surface area contributed by atoms with E-state index in [1.807, 2.05) is 29.5 Å². The van der Waals surface area contributed by atoms with Crippen molar-refractivity contribution in [2.45, 2.75) is 32.1 Å². The largest absolute Gasteiger partial charge is 0.481 e. The van der Waals surface area contributed by atoms with E-state index in [-0.39, 0.29) is 12.8 Å². The van der Waals surface area contributed by atoms with Crippen molar-refractivity contribution < 1.29 is 19.8 Å². The standard InChI is InChI=1S/C17H19ClN2S.C4H6O4/c1-20(2)9-13-10-3-4-11(7-10)16(13)17-19-14-6-5-12(18)8-15(14)21-17;5-3(6)1-2-4(7)8/h5-6,8,10-11H,3-4,7,9H2,1-2H3;1-2H2,(H,5,6)(H,7,8). The lowest BCUT2D eigenvalue weighted by Gasteiger charge is -2.21. The topological polar surface area (TPSA) is 90.7 Å². The molecule has 1 aromatic heterocycles. The van der Waals surface area contributed by atoms with Crippen LogP contribution >= 0.6 is 22.9 Å². The third kappa shape index (κ3) is 5.35. The van der Waals surface area contributed by atoms with Crippen molar-refractivity contribution in [2.75, 3.05) is 20.6 Å². The molecule has 0 saturated heterocycles. The van der Waals surface area contributed by atoms with Gasteiger partial charge in [-0.25, -0.2) is 4.98 Å². The zero-order valence-corrected chi connectivity index (χ0v) is 18.1. The number of thiazole rings is 1. The highest BCUT2D eigenvalue weighted by Gasteiger charge is 2.40. The van der Waals surface area contributed by atoms with E-state index in [0.717, 1.165) is 28.9 Å². The Balaban J connectivity index is 0.000000258. The molecule has 2 aromatic rings. The van der Waals surface area contributed by atoms with Gasteiger partial charge in [-0.15, -0.1) is 11.3 Å². The van der Waals surface area contributed by atoms with Gasteiger partial charge in [0.05, 0.1) is 23.1 Å². The van der Waals surface area contributed by atoms with Crippen LogP contribution in [0.4, 0.5) is 0 Å². The molecule has 0 spiro atoms. The first-order valence-corrected chi connectivity index (χ1v) is 10.8. The minimum atomic E-state index is -1.08. The van der Waals surface area contributed by atoms with Crippen LogP contribution in [0.3, 0.4) is 0 Å². The highest BCUT2D eigenvalue weighted by Crippen LogP contribution is 2.53. The molecule has 1 fully saturated rings. The van der Waals surface area contributed by atoms with Crippen LogP contribution in [0.5, 0.6) is 0 Å². The highest BCUT2D eigenvalue weighted by molar-refractivity contribution is 7.19. The van der Waals surface area contributed by atoms with Crippen LogP contribution in [-0.2, 0) is 9.59 Å². The number of allylic oxidation sites excluding steroid dienone is 1. The Labute approximate surface area is 178 Å². The summed E-state index contributed by atoms with van der Waals surface area (Å²) in [5.74, 6) is -0.621. The Bertz CT molecular complexity index is 939. The van der Waals surface area contributed by atoms with Gasteiger partial charge >= 0.3 is 11.9 Å². The molecule has 0 radical (unpaired) electrons. The number of likely N-dealkylation sites (N-methyl/N-ethyl adjacent to an activating group) is 1. The maximum atomic E-state index is 9.64. The van der Waals surface area contributed by atoms with Crippen LogP contribution in [0.2, 0.25) is 5.02 Å².